The summed E-state index contributed by atoms with van der Waals surface area (Å²) in [7, 11) is -3.79. The topological polar surface area (TPSA) is 105 Å². The number of benzene rings is 2. The van der Waals surface area contributed by atoms with Gasteiger partial charge in [0.05, 0.1) is 15.5 Å². The van der Waals surface area contributed by atoms with Gasteiger partial charge in [-0.2, -0.15) is 9.41 Å². The summed E-state index contributed by atoms with van der Waals surface area (Å²) in [6.45, 7) is 7.76. The third kappa shape index (κ3) is 4.73. The predicted octanol–water partition coefficient (Wildman–Crippen LogP) is 3.77. The number of aryl methyl sites for hydroxylation is 1. The molecular weight excluding hydrogens is 380 g/mol. The van der Waals surface area contributed by atoms with Gasteiger partial charge in [0.25, 0.3) is 5.69 Å². The van der Waals surface area contributed by atoms with E-state index >= 15 is 0 Å². The van der Waals surface area contributed by atoms with Crippen molar-refractivity contribution in [2.24, 2.45) is 5.10 Å². The fraction of sp³-hybridized carbons (Fsp3) is 0.316. The number of nitro benzene ring substituents is 1. The second-order valence-electron chi connectivity index (χ2n) is 6.20. The Bertz CT molecular complexity index is 981. The molecule has 0 aromatic heterocycles. The van der Waals surface area contributed by atoms with Crippen molar-refractivity contribution in [2.45, 2.75) is 32.6 Å². The first-order valence-electron chi connectivity index (χ1n) is 8.86. The van der Waals surface area contributed by atoms with Crippen LogP contribution in [0.1, 0.15) is 31.9 Å². The lowest BCUT2D eigenvalue weighted by atomic mass is 10.1. The first kappa shape index (κ1) is 21.5. The van der Waals surface area contributed by atoms with E-state index in [2.05, 4.69) is 10.5 Å². The third-order valence-corrected chi connectivity index (χ3v) is 6.37. The lowest BCUT2D eigenvalue weighted by Crippen LogP contribution is -2.30. The van der Waals surface area contributed by atoms with Crippen LogP contribution in [0.3, 0.4) is 0 Å². The molecule has 2 aromatic rings. The Hall–Kier alpha value is -2.78. The van der Waals surface area contributed by atoms with Gasteiger partial charge in [0.15, 0.2) is 0 Å². The van der Waals surface area contributed by atoms with Crippen molar-refractivity contribution in [2.75, 3.05) is 18.5 Å². The average molecular weight is 404 g/mol. The van der Waals surface area contributed by atoms with Crippen molar-refractivity contribution in [1.29, 1.82) is 0 Å². The second kappa shape index (κ2) is 8.94. The molecule has 0 unspecified atom stereocenters. The van der Waals surface area contributed by atoms with Crippen molar-refractivity contribution in [3.63, 3.8) is 0 Å². The summed E-state index contributed by atoms with van der Waals surface area (Å²) < 4.78 is 26.5. The Morgan fingerprint density at radius 1 is 1.14 bits per heavy atom. The number of nitro groups is 1. The molecule has 0 saturated carbocycles. The van der Waals surface area contributed by atoms with Crippen LogP contribution in [0.2, 0.25) is 0 Å². The van der Waals surface area contributed by atoms with Gasteiger partial charge in [-0.1, -0.05) is 43.7 Å². The van der Waals surface area contributed by atoms with Gasteiger partial charge in [0.2, 0.25) is 10.0 Å². The van der Waals surface area contributed by atoms with Crippen LogP contribution in [0, 0.1) is 17.0 Å². The van der Waals surface area contributed by atoms with Crippen LogP contribution in [0.15, 0.2) is 52.5 Å². The summed E-state index contributed by atoms with van der Waals surface area (Å²) >= 11 is 0. The minimum atomic E-state index is -3.79. The highest BCUT2D eigenvalue weighted by atomic mass is 32.2. The fourth-order valence-electron chi connectivity index (χ4n) is 2.63. The van der Waals surface area contributed by atoms with Gasteiger partial charge in [-0.3, -0.25) is 15.5 Å². The molecule has 0 amide bonds. The molecule has 0 radical (unpaired) electrons. The quantitative estimate of drug-likeness (QED) is 0.410. The highest BCUT2D eigenvalue weighted by molar-refractivity contribution is 7.89. The van der Waals surface area contributed by atoms with Crippen LogP contribution in [-0.4, -0.2) is 36.4 Å². The summed E-state index contributed by atoms with van der Waals surface area (Å²) in [5.41, 5.74) is 5.09. The molecule has 0 aliphatic carbocycles. The molecule has 2 aromatic carbocycles. The van der Waals surface area contributed by atoms with Crippen molar-refractivity contribution in [3.05, 3.63) is 63.7 Å². The smallest absolute Gasteiger partial charge is 0.271 e. The molecule has 8 nitrogen and oxygen atoms in total. The zero-order valence-corrected chi connectivity index (χ0v) is 17.2. The summed E-state index contributed by atoms with van der Waals surface area (Å²) in [6, 6.07) is 11.5. The normalized spacial score (nSPS) is 12.2. The number of sulfonamides is 1. The Labute approximate surface area is 165 Å². The van der Waals surface area contributed by atoms with Crippen LogP contribution in [0.4, 0.5) is 11.4 Å². The highest BCUT2D eigenvalue weighted by Crippen LogP contribution is 2.29. The monoisotopic (exact) mass is 404 g/mol. The molecule has 150 valence electrons. The standard InChI is InChI=1S/C19H24N4O4S/c1-5-22(6-2)28(26,27)17-11-12-18(19(13-17)23(24)25)21-20-15(4)16-9-7-14(3)8-10-16/h7-13,21H,5-6H2,1-4H3/b20-15-. The predicted molar refractivity (Wildman–Crippen MR) is 110 cm³/mol. The molecule has 0 saturated heterocycles. The maximum Gasteiger partial charge on any atom is 0.295 e. The maximum absolute atomic E-state index is 12.6. The van der Waals surface area contributed by atoms with Gasteiger partial charge < -0.3 is 0 Å². The lowest BCUT2D eigenvalue weighted by Gasteiger charge is -2.18. The molecule has 0 heterocycles. The summed E-state index contributed by atoms with van der Waals surface area (Å²) in [5.74, 6) is 0. The zero-order valence-electron chi connectivity index (χ0n) is 16.3. The van der Waals surface area contributed by atoms with E-state index in [1.54, 1.807) is 20.8 Å². The minimum absolute atomic E-state index is 0.118. The van der Waals surface area contributed by atoms with E-state index in [1.807, 2.05) is 31.2 Å². The van der Waals surface area contributed by atoms with Crippen molar-refractivity contribution < 1.29 is 13.3 Å². The Kier molecular flexibility index (Phi) is 6.87. The molecule has 0 bridgehead atoms. The van der Waals surface area contributed by atoms with Crippen LogP contribution < -0.4 is 5.43 Å². The second-order valence-corrected chi connectivity index (χ2v) is 8.14. The number of hydrazone groups is 1. The molecule has 9 heteroatoms. The van der Waals surface area contributed by atoms with Crippen LogP contribution in [0.5, 0.6) is 0 Å². The Morgan fingerprint density at radius 2 is 1.75 bits per heavy atom. The summed E-state index contributed by atoms with van der Waals surface area (Å²) in [6.07, 6.45) is 0. The van der Waals surface area contributed by atoms with E-state index in [1.165, 1.54) is 16.4 Å². The van der Waals surface area contributed by atoms with Gasteiger partial charge in [-0.05, 0) is 31.5 Å². The molecule has 0 atom stereocenters. The van der Waals surface area contributed by atoms with Crippen molar-refractivity contribution in [3.8, 4) is 0 Å². The first-order chi connectivity index (χ1) is 13.2. The van der Waals surface area contributed by atoms with Crippen LogP contribution in [0.25, 0.3) is 0 Å². The molecule has 2 rings (SSSR count). The third-order valence-electron chi connectivity index (χ3n) is 4.32. The van der Waals surface area contributed by atoms with E-state index in [9.17, 15) is 18.5 Å². The molecule has 1 N–H and O–H groups in total. The van der Waals surface area contributed by atoms with Crippen LogP contribution >= 0.6 is 0 Å². The zero-order chi connectivity index (χ0) is 20.9. The van der Waals surface area contributed by atoms with Crippen molar-refractivity contribution in [1.82, 2.24) is 4.31 Å². The molecule has 0 spiro atoms. The van der Waals surface area contributed by atoms with Crippen LogP contribution in [-0.2, 0) is 10.0 Å². The first-order valence-corrected chi connectivity index (χ1v) is 10.3. The van der Waals surface area contributed by atoms with E-state index in [0.717, 1.165) is 17.2 Å². The van der Waals surface area contributed by atoms with Gasteiger partial charge in [-0.15, -0.1) is 0 Å². The summed E-state index contributed by atoms with van der Waals surface area (Å²) in [5, 5.41) is 15.7. The molecule has 0 aliphatic rings. The maximum atomic E-state index is 12.6. The van der Waals surface area contributed by atoms with Crippen molar-refractivity contribution >= 4 is 27.1 Å². The number of anilines is 1. The minimum Gasteiger partial charge on any atom is -0.271 e. The van der Waals surface area contributed by atoms with Gasteiger partial charge in [0.1, 0.15) is 5.69 Å². The van der Waals surface area contributed by atoms with Gasteiger partial charge in [0, 0.05) is 19.2 Å². The number of nitrogens with one attached hydrogen (secondary N) is 1. The molecule has 28 heavy (non-hydrogen) atoms. The molecular formula is C19H24N4O4S. The Morgan fingerprint density at radius 3 is 2.29 bits per heavy atom. The van der Waals surface area contributed by atoms with Gasteiger partial charge >= 0.3 is 0 Å². The largest absolute Gasteiger partial charge is 0.295 e. The average Bonchev–Trinajstić information content (AvgIpc) is 2.67. The highest BCUT2D eigenvalue weighted by Gasteiger charge is 2.25. The van der Waals surface area contributed by atoms with E-state index in [-0.39, 0.29) is 29.4 Å². The lowest BCUT2D eigenvalue weighted by molar-refractivity contribution is -0.384. The number of hydrogen-bond acceptors (Lipinski definition) is 6. The van der Waals surface area contributed by atoms with E-state index in [0.29, 0.717) is 5.71 Å². The number of hydrogen-bond donors (Lipinski definition) is 1. The number of nitrogens with zero attached hydrogens (tertiary/aromatic N) is 3. The van der Waals surface area contributed by atoms with E-state index < -0.39 is 14.9 Å². The number of rotatable bonds is 8. The summed E-state index contributed by atoms with van der Waals surface area (Å²) in [4.78, 5) is 10.7. The SMILES string of the molecule is CCN(CC)S(=O)(=O)c1ccc(N/N=C(/C)c2ccc(C)cc2)c([N+](=O)[O-])c1. The Balaban J connectivity index is 2.37. The van der Waals surface area contributed by atoms with E-state index in [4.69, 9.17) is 0 Å². The van der Waals surface area contributed by atoms with Gasteiger partial charge in [-0.25, -0.2) is 8.42 Å². The molecule has 0 aliphatic heterocycles. The molecule has 0 fully saturated rings. The fourth-order valence-corrected chi connectivity index (χ4v) is 4.11.